The molecule has 0 radical (unpaired) electrons. The Morgan fingerprint density at radius 3 is 2.87 bits per heavy atom. The highest BCUT2D eigenvalue weighted by Gasteiger charge is 2.26. The highest BCUT2D eigenvalue weighted by molar-refractivity contribution is 6.14. The van der Waals surface area contributed by atoms with Gasteiger partial charge >= 0.3 is 12.0 Å². The summed E-state index contributed by atoms with van der Waals surface area (Å²) < 4.78 is 7.37. The molecule has 30 heavy (non-hydrogen) atoms. The average Bonchev–Trinajstić information content (AvgIpc) is 3.37. The Hall–Kier alpha value is -4.39. The molecule has 10 nitrogen and oxygen atoms in total. The molecule has 0 atom stereocenters. The smallest absolute Gasteiger partial charge is 0.327 e. The first kappa shape index (κ1) is 17.7. The maximum Gasteiger partial charge on any atom is 0.327 e. The maximum absolute atomic E-state index is 11.9. The van der Waals surface area contributed by atoms with Crippen molar-refractivity contribution in [2.45, 2.75) is 18.9 Å². The van der Waals surface area contributed by atoms with Crippen LogP contribution in [-0.4, -0.2) is 37.6 Å². The zero-order chi connectivity index (χ0) is 20.7. The molecule has 1 aliphatic heterocycles. The molecule has 3 aromatic rings. The fourth-order valence-electron chi connectivity index (χ4n) is 2.92. The summed E-state index contributed by atoms with van der Waals surface area (Å²) in [7, 11) is 0. The van der Waals surface area contributed by atoms with Gasteiger partial charge in [-0.2, -0.15) is 19.6 Å². The Balaban J connectivity index is 1.57. The monoisotopic (exact) mass is 401 g/mol. The number of carbonyl (C=O) groups excluding carboxylic acids is 2. The van der Waals surface area contributed by atoms with Crippen molar-refractivity contribution in [3.63, 3.8) is 0 Å². The van der Waals surface area contributed by atoms with Crippen LogP contribution in [0.3, 0.4) is 0 Å². The number of urea groups is 1. The van der Waals surface area contributed by atoms with E-state index >= 15 is 0 Å². The van der Waals surface area contributed by atoms with Crippen molar-refractivity contribution in [3.05, 3.63) is 47.3 Å². The van der Waals surface area contributed by atoms with Crippen LogP contribution in [0.2, 0.25) is 0 Å². The first-order valence-corrected chi connectivity index (χ1v) is 9.20. The van der Waals surface area contributed by atoms with Gasteiger partial charge in [-0.25, -0.2) is 4.79 Å². The van der Waals surface area contributed by atoms with Gasteiger partial charge in [0.2, 0.25) is 5.95 Å². The predicted molar refractivity (Wildman–Crippen MR) is 107 cm³/mol. The molecule has 5 rings (SSSR count). The number of hydrogen-bond acceptors (Lipinski definition) is 7. The van der Waals surface area contributed by atoms with Crippen LogP contribution >= 0.6 is 0 Å². The number of imide groups is 1. The Bertz CT molecular complexity index is 1270. The van der Waals surface area contributed by atoms with Crippen molar-refractivity contribution in [1.82, 2.24) is 30.2 Å². The zero-order valence-electron chi connectivity index (χ0n) is 15.5. The highest BCUT2D eigenvalue weighted by atomic mass is 16.5. The lowest BCUT2D eigenvalue weighted by Gasteiger charge is -2.09. The number of terminal acetylenes is 1. The van der Waals surface area contributed by atoms with Crippen molar-refractivity contribution in [3.8, 4) is 24.1 Å². The molecule has 1 aromatic carbocycles. The highest BCUT2D eigenvalue weighted by Crippen LogP contribution is 2.27. The second-order valence-corrected chi connectivity index (χ2v) is 6.82. The largest absolute Gasteiger partial charge is 0.424 e. The molecule has 1 saturated carbocycles. The minimum atomic E-state index is -0.578. The number of rotatable bonds is 5. The maximum atomic E-state index is 11.9. The molecule has 2 aromatic heterocycles. The van der Waals surface area contributed by atoms with Crippen LogP contribution in [-0.2, 0) is 4.79 Å². The number of ether oxygens (including phenoxy) is 1. The van der Waals surface area contributed by atoms with E-state index in [1.807, 2.05) is 0 Å². The summed E-state index contributed by atoms with van der Waals surface area (Å²) in [5, 5.41) is 12.2. The predicted octanol–water partition coefficient (Wildman–Crippen LogP) is 1.65. The van der Waals surface area contributed by atoms with E-state index in [4.69, 9.17) is 11.2 Å². The summed E-state index contributed by atoms with van der Waals surface area (Å²) in [6.07, 6.45) is 10.6. The minimum Gasteiger partial charge on any atom is -0.424 e. The summed E-state index contributed by atoms with van der Waals surface area (Å²) >= 11 is 0. The molecule has 2 fully saturated rings. The zero-order valence-corrected chi connectivity index (χ0v) is 15.5. The molecule has 0 spiro atoms. The lowest BCUT2D eigenvalue weighted by Crippen LogP contribution is -2.22. The van der Waals surface area contributed by atoms with Crippen LogP contribution < -0.4 is 20.7 Å². The number of aromatic nitrogens is 4. The van der Waals surface area contributed by atoms with Crippen molar-refractivity contribution in [1.29, 1.82) is 0 Å². The van der Waals surface area contributed by atoms with Crippen LogP contribution in [0.4, 0.5) is 10.7 Å². The van der Waals surface area contributed by atoms with Crippen molar-refractivity contribution in [2.75, 3.05) is 5.32 Å². The summed E-state index contributed by atoms with van der Waals surface area (Å²) in [4.78, 5) is 32.1. The molecule has 0 bridgehead atoms. The average molecular weight is 401 g/mol. The van der Waals surface area contributed by atoms with E-state index in [2.05, 4.69) is 36.9 Å². The van der Waals surface area contributed by atoms with Gasteiger partial charge in [0.05, 0.1) is 6.20 Å². The van der Waals surface area contributed by atoms with E-state index < -0.39 is 11.9 Å². The fraction of sp³-hybridized carbons (Fsp3) is 0.150. The molecule has 3 heterocycles. The normalized spacial score (nSPS) is 17.0. The summed E-state index contributed by atoms with van der Waals surface area (Å²) in [5.74, 6) is 3.00. The Morgan fingerprint density at radius 1 is 1.27 bits per heavy atom. The third-order valence-corrected chi connectivity index (χ3v) is 4.51. The number of benzene rings is 1. The van der Waals surface area contributed by atoms with Crippen molar-refractivity contribution < 1.29 is 14.3 Å². The number of anilines is 1. The molecule has 3 amide bonds. The van der Waals surface area contributed by atoms with Gasteiger partial charge in [-0.15, -0.1) is 6.42 Å². The van der Waals surface area contributed by atoms with Crippen LogP contribution in [0.25, 0.3) is 11.7 Å². The SMILES string of the molecule is C#Cc1cccc(Oc2nc(NC3CC3)n3ncc(/C=C4\NC(=O)NC4=O)c3n2)c1. The third-order valence-electron chi connectivity index (χ3n) is 4.51. The van der Waals surface area contributed by atoms with E-state index in [-0.39, 0.29) is 11.7 Å². The van der Waals surface area contributed by atoms with E-state index in [0.29, 0.717) is 34.5 Å². The summed E-state index contributed by atoms with van der Waals surface area (Å²) in [6, 6.07) is 6.86. The van der Waals surface area contributed by atoms with Gasteiger partial charge in [0.15, 0.2) is 5.65 Å². The van der Waals surface area contributed by atoms with E-state index in [0.717, 1.165) is 12.8 Å². The first-order chi connectivity index (χ1) is 14.6. The fourth-order valence-corrected chi connectivity index (χ4v) is 2.92. The van der Waals surface area contributed by atoms with Crippen molar-refractivity contribution in [2.24, 2.45) is 0 Å². The first-order valence-electron chi connectivity index (χ1n) is 9.20. The standard InChI is InChI=1S/C20H15N7O3/c1-2-11-4-3-5-14(8-11)30-20-24-16-12(9-15-17(28)25-19(29)23-15)10-21-27(16)18(26-20)22-13-6-7-13/h1,3-5,8-10,13H,6-7H2,(H,22,24,26)(H2,23,25,28,29)/b15-9-. The topological polar surface area (TPSA) is 123 Å². The quantitative estimate of drug-likeness (QED) is 0.337. The molecule has 1 saturated heterocycles. The Kier molecular flexibility index (Phi) is 4.07. The summed E-state index contributed by atoms with van der Waals surface area (Å²) in [6.45, 7) is 0. The number of fused-ring (bicyclic) bond motifs is 1. The van der Waals surface area contributed by atoms with Gasteiger partial charge in [0, 0.05) is 17.2 Å². The van der Waals surface area contributed by atoms with Crippen molar-refractivity contribution >= 4 is 29.6 Å². The van der Waals surface area contributed by atoms with Gasteiger partial charge in [-0.3, -0.25) is 10.1 Å². The minimum absolute atomic E-state index is 0.0971. The molecular formula is C20H15N7O3. The van der Waals surface area contributed by atoms with E-state index in [1.165, 1.54) is 16.8 Å². The molecule has 148 valence electrons. The molecule has 3 N–H and O–H groups in total. The number of nitrogens with one attached hydrogen (secondary N) is 3. The Morgan fingerprint density at radius 2 is 2.13 bits per heavy atom. The second-order valence-electron chi connectivity index (χ2n) is 6.82. The lowest BCUT2D eigenvalue weighted by atomic mass is 10.2. The molecule has 2 aliphatic rings. The molecular weight excluding hydrogens is 386 g/mol. The van der Waals surface area contributed by atoms with Gasteiger partial charge in [-0.05, 0) is 37.1 Å². The van der Waals surface area contributed by atoms with E-state index in [9.17, 15) is 9.59 Å². The number of carbonyl (C=O) groups is 2. The van der Waals surface area contributed by atoms with Crippen LogP contribution in [0, 0.1) is 12.3 Å². The van der Waals surface area contributed by atoms with Crippen LogP contribution in [0.15, 0.2) is 36.2 Å². The Labute approximate surface area is 170 Å². The van der Waals surface area contributed by atoms with Crippen LogP contribution in [0.1, 0.15) is 24.0 Å². The van der Waals surface area contributed by atoms with Gasteiger partial charge in [-0.1, -0.05) is 12.0 Å². The second kappa shape index (κ2) is 6.89. The lowest BCUT2D eigenvalue weighted by molar-refractivity contribution is -0.115. The molecule has 0 unspecified atom stereocenters. The van der Waals surface area contributed by atoms with Crippen LogP contribution in [0.5, 0.6) is 11.8 Å². The third kappa shape index (κ3) is 3.40. The number of hydrogen-bond donors (Lipinski definition) is 3. The van der Waals surface area contributed by atoms with E-state index in [1.54, 1.807) is 24.3 Å². The van der Waals surface area contributed by atoms with Gasteiger partial charge in [0.1, 0.15) is 11.4 Å². The van der Waals surface area contributed by atoms with Gasteiger partial charge in [0.25, 0.3) is 5.91 Å². The number of amides is 3. The van der Waals surface area contributed by atoms with Gasteiger partial charge < -0.3 is 15.4 Å². The number of nitrogens with zero attached hydrogens (tertiary/aromatic N) is 4. The molecule has 1 aliphatic carbocycles. The molecule has 10 heteroatoms. The summed E-state index contributed by atoms with van der Waals surface area (Å²) in [5.41, 5.74) is 1.71.